The van der Waals surface area contributed by atoms with Gasteiger partial charge in [-0.3, -0.25) is 0 Å². The molecule has 0 aromatic heterocycles. The molecule has 2 rings (SSSR count). The third-order valence-corrected chi connectivity index (χ3v) is 4.23. The molecule has 0 aliphatic heterocycles. The summed E-state index contributed by atoms with van der Waals surface area (Å²) in [5.74, 6) is -0.231. The maximum Gasteiger partial charge on any atom is 0.123 e. The molecule has 2 aromatic rings. The summed E-state index contributed by atoms with van der Waals surface area (Å²) in [7, 11) is 1.96. The first kappa shape index (κ1) is 16.3. The van der Waals surface area contributed by atoms with Crippen LogP contribution in [0.15, 0.2) is 46.9 Å². The lowest BCUT2D eigenvalue weighted by Gasteiger charge is -2.22. The Hall–Kier alpha value is -1.10. The van der Waals surface area contributed by atoms with Crippen LogP contribution in [-0.4, -0.2) is 13.6 Å². The summed E-state index contributed by atoms with van der Waals surface area (Å²) in [6.07, 6.45) is 0.759. The van der Waals surface area contributed by atoms with E-state index < -0.39 is 0 Å². The van der Waals surface area contributed by atoms with E-state index in [1.807, 2.05) is 30.1 Å². The third kappa shape index (κ3) is 4.43. The van der Waals surface area contributed by atoms with Crippen molar-refractivity contribution in [3.8, 4) is 0 Å². The molecule has 0 bridgehead atoms. The van der Waals surface area contributed by atoms with Crippen LogP contribution in [0, 0.1) is 5.82 Å². The lowest BCUT2D eigenvalue weighted by atomic mass is 10.0. The van der Waals surface area contributed by atoms with Crippen molar-refractivity contribution in [1.29, 1.82) is 0 Å². The molecule has 1 atom stereocenters. The SMILES string of the molecule is CN(CCC(N)c1ccc(Br)cc1Cl)c1ccc(F)cc1. The molecule has 1 unspecified atom stereocenters. The first-order valence-electron chi connectivity index (χ1n) is 6.64. The standard InChI is InChI=1S/C16H17BrClFN2/c1-21(13-5-3-12(19)4-6-13)9-8-16(20)14-7-2-11(17)10-15(14)18/h2-7,10,16H,8-9,20H2,1H3. The monoisotopic (exact) mass is 370 g/mol. The van der Waals surface area contributed by atoms with Gasteiger partial charge in [-0.05, 0) is 48.4 Å². The van der Waals surface area contributed by atoms with Gasteiger partial charge in [0, 0.05) is 34.8 Å². The highest BCUT2D eigenvalue weighted by atomic mass is 79.9. The fraction of sp³-hybridized carbons (Fsp3) is 0.250. The van der Waals surface area contributed by atoms with Crippen molar-refractivity contribution in [3.63, 3.8) is 0 Å². The van der Waals surface area contributed by atoms with Crippen molar-refractivity contribution < 1.29 is 4.39 Å². The zero-order valence-electron chi connectivity index (χ0n) is 11.7. The molecular weight excluding hydrogens is 355 g/mol. The van der Waals surface area contributed by atoms with Gasteiger partial charge in [0.2, 0.25) is 0 Å². The number of benzene rings is 2. The van der Waals surface area contributed by atoms with E-state index >= 15 is 0 Å². The van der Waals surface area contributed by atoms with Crippen LogP contribution >= 0.6 is 27.5 Å². The Morgan fingerprint density at radius 3 is 2.52 bits per heavy atom. The molecule has 0 radical (unpaired) electrons. The first-order valence-corrected chi connectivity index (χ1v) is 7.81. The largest absolute Gasteiger partial charge is 0.375 e. The molecule has 2 nitrogen and oxygen atoms in total. The summed E-state index contributed by atoms with van der Waals surface area (Å²) in [5.41, 5.74) is 8.11. The number of hydrogen-bond acceptors (Lipinski definition) is 2. The molecule has 0 heterocycles. The number of hydrogen-bond donors (Lipinski definition) is 1. The second-order valence-corrected chi connectivity index (χ2v) is 6.28. The summed E-state index contributed by atoms with van der Waals surface area (Å²) >= 11 is 9.59. The van der Waals surface area contributed by atoms with Crippen LogP contribution < -0.4 is 10.6 Å². The molecular formula is C16H17BrClFN2. The van der Waals surface area contributed by atoms with E-state index in [0.717, 1.165) is 28.7 Å². The van der Waals surface area contributed by atoms with Crippen LogP contribution in [0.1, 0.15) is 18.0 Å². The van der Waals surface area contributed by atoms with Crippen molar-refractivity contribution in [2.24, 2.45) is 5.73 Å². The van der Waals surface area contributed by atoms with Crippen LogP contribution in [0.3, 0.4) is 0 Å². The molecule has 21 heavy (non-hydrogen) atoms. The average Bonchev–Trinajstić information content (AvgIpc) is 2.45. The topological polar surface area (TPSA) is 29.3 Å². The van der Waals surface area contributed by atoms with E-state index in [1.165, 1.54) is 12.1 Å². The minimum Gasteiger partial charge on any atom is -0.375 e. The first-order chi connectivity index (χ1) is 9.97. The van der Waals surface area contributed by atoms with Crippen molar-refractivity contribution in [1.82, 2.24) is 0 Å². The summed E-state index contributed by atoms with van der Waals surface area (Å²) in [5, 5.41) is 0.668. The quantitative estimate of drug-likeness (QED) is 0.820. The second kappa shape index (κ2) is 7.25. The Morgan fingerprint density at radius 2 is 1.90 bits per heavy atom. The third-order valence-electron chi connectivity index (χ3n) is 3.40. The predicted molar refractivity (Wildman–Crippen MR) is 90.4 cm³/mol. The molecule has 2 N–H and O–H groups in total. The molecule has 0 saturated carbocycles. The maximum absolute atomic E-state index is 12.9. The van der Waals surface area contributed by atoms with Crippen molar-refractivity contribution in [2.45, 2.75) is 12.5 Å². The maximum atomic E-state index is 12.9. The molecule has 0 aliphatic rings. The highest BCUT2D eigenvalue weighted by Gasteiger charge is 2.12. The van der Waals surface area contributed by atoms with Gasteiger partial charge in [0.1, 0.15) is 5.82 Å². The van der Waals surface area contributed by atoms with Crippen LogP contribution in [0.4, 0.5) is 10.1 Å². The number of nitrogens with two attached hydrogens (primary N) is 1. The van der Waals surface area contributed by atoms with E-state index in [2.05, 4.69) is 15.9 Å². The van der Waals surface area contributed by atoms with Gasteiger partial charge in [-0.15, -0.1) is 0 Å². The minimum absolute atomic E-state index is 0.131. The van der Waals surface area contributed by atoms with Gasteiger partial charge in [0.25, 0.3) is 0 Å². The number of nitrogens with zero attached hydrogens (tertiary/aromatic N) is 1. The summed E-state index contributed by atoms with van der Waals surface area (Å²) < 4.78 is 13.8. The Kier molecular flexibility index (Phi) is 5.62. The van der Waals surface area contributed by atoms with Gasteiger partial charge in [-0.1, -0.05) is 33.6 Å². The highest BCUT2D eigenvalue weighted by molar-refractivity contribution is 9.10. The minimum atomic E-state index is -0.231. The normalized spacial score (nSPS) is 12.2. The number of anilines is 1. The van der Waals surface area contributed by atoms with Crippen molar-refractivity contribution >= 4 is 33.2 Å². The van der Waals surface area contributed by atoms with Gasteiger partial charge >= 0.3 is 0 Å². The van der Waals surface area contributed by atoms with Crippen molar-refractivity contribution in [2.75, 3.05) is 18.5 Å². The van der Waals surface area contributed by atoms with Crippen LogP contribution in [0.25, 0.3) is 0 Å². The number of halogens is 3. The molecule has 0 saturated heterocycles. The Bertz CT molecular complexity index is 604. The summed E-state index contributed by atoms with van der Waals surface area (Å²) in [6.45, 7) is 0.763. The average molecular weight is 372 g/mol. The van der Waals surface area contributed by atoms with Crippen LogP contribution in [-0.2, 0) is 0 Å². The summed E-state index contributed by atoms with van der Waals surface area (Å²) in [4.78, 5) is 2.05. The molecule has 0 spiro atoms. The Balaban J connectivity index is 1.97. The molecule has 0 aliphatic carbocycles. The lowest BCUT2D eigenvalue weighted by molar-refractivity contribution is 0.626. The molecule has 0 amide bonds. The van der Waals surface area contributed by atoms with Gasteiger partial charge in [0.15, 0.2) is 0 Å². The van der Waals surface area contributed by atoms with E-state index in [1.54, 1.807) is 12.1 Å². The van der Waals surface area contributed by atoms with Gasteiger partial charge in [-0.25, -0.2) is 4.39 Å². The fourth-order valence-corrected chi connectivity index (χ4v) is 2.93. The van der Waals surface area contributed by atoms with E-state index in [0.29, 0.717) is 5.02 Å². The Labute approximate surface area is 137 Å². The highest BCUT2D eigenvalue weighted by Crippen LogP contribution is 2.27. The zero-order valence-corrected chi connectivity index (χ0v) is 14.0. The van der Waals surface area contributed by atoms with Crippen LogP contribution in [0.5, 0.6) is 0 Å². The Morgan fingerprint density at radius 1 is 1.24 bits per heavy atom. The lowest BCUT2D eigenvalue weighted by Crippen LogP contribution is -2.23. The zero-order chi connectivity index (χ0) is 15.4. The predicted octanol–water partition coefficient (Wildman–Crippen LogP) is 4.77. The second-order valence-electron chi connectivity index (χ2n) is 4.96. The van der Waals surface area contributed by atoms with E-state index in [9.17, 15) is 4.39 Å². The molecule has 0 fully saturated rings. The van der Waals surface area contributed by atoms with E-state index in [4.69, 9.17) is 17.3 Å². The van der Waals surface area contributed by atoms with Crippen molar-refractivity contribution in [3.05, 3.63) is 63.3 Å². The smallest absolute Gasteiger partial charge is 0.123 e. The van der Waals surface area contributed by atoms with Gasteiger partial charge < -0.3 is 10.6 Å². The van der Waals surface area contributed by atoms with Gasteiger partial charge in [-0.2, -0.15) is 0 Å². The van der Waals surface area contributed by atoms with Crippen LogP contribution in [0.2, 0.25) is 5.02 Å². The number of rotatable bonds is 5. The molecule has 2 aromatic carbocycles. The van der Waals surface area contributed by atoms with Gasteiger partial charge in [0.05, 0.1) is 0 Å². The summed E-state index contributed by atoms with van der Waals surface area (Å²) in [6, 6.07) is 12.0. The van der Waals surface area contributed by atoms with E-state index in [-0.39, 0.29) is 11.9 Å². The molecule has 5 heteroatoms. The fourth-order valence-electron chi connectivity index (χ4n) is 2.12. The molecule has 112 valence electrons.